The topological polar surface area (TPSA) is 59.8 Å². The normalized spacial score (nSPS) is 15.6. The first kappa shape index (κ1) is 18.9. The Balaban J connectivity index is 1.70. The molecule has 28 heavy (non-hydrogen) atoms. The summed E-state index contributed by atoms with van der Waals surface area (Å²) in [5.41, 5.74) is -0.134. The van der Waals surface area contributed by atoms with Crippen molar-refractivity contribution < 1.29 is 13.2 Å². The number of benzene rings is 1. The maximum absolute atomic E-state index is 12.9. The van der Waals surface area contributed by atoms with Crippen molar-refractivity contribution in [2.45, 2.75) is 38.0 Å². The van der Waals surface area contributed by atoms with Crippen LogP contribution in [0.25, 0.3) is 10.9 Å². The van der Waals surface area contributed by atoms with Gasteiger partial charge in [0.2, 0.25) is 0 Å². The van der Waals surface area contributed by atoms with Gasteiger partial charge in [0.15, 0.2) is 0 Å². The molecule has 2 heterocycles. The van der Waals surface area contributed by atoms with E-state index in [1.165, 1.54) is 12.4 Å². The first-order valence-corrected chi connectivity index (χ1v) is 9.45. The zero-order valence-electron chi connectivity index (χ0n) is 14.8. The summed E-state index contributed by atoms with van der Waals surface area (Å²) in [7, 11) is 0. The summed E-state index contributed by atoms with van der Waals surface area (Å²) in [4.78, 5) is 21.0. The molecule has 1 aliphatic rings. The number of rotatable bonds is 4. The number of aromatic nitrogens is 3. The smallest absolute Gasteiger partial charge is 0.365 e. The lowest BCUT2D eigenvalue weighted by atomic mass is 10.1. The first-order valence-electron chi connectivity index (χ1n) is 8.65. The number of alkyl halides is 3. The lowest BCUT2D eigenvalue weighted by Gasteiger charge is -2.16. The van der Waals surface area contributed by atoms with E-state index < -0.39 is 11.7 Å². The highest BCUT2D eigenvalue weighted by molar-refractivity contribution is 9.10. The maximum atomic E-state index is 12.9. The largest absolute Gasteiger partial charge is 0.416 e. The molecule has 9 heteroatoms. The van der Waals surface area contributed by atoms with Gasteiger partial charge >= 0.3 is 6.18 Å². The molecule has 0 atom stereocenters. The molecule has 0 amide bonds. The van der Waals surface area contributed by atoms with Crippen molar-refractivity contribution in [2.75, 3.05) is 5.32 Å². The van der Waals surface area contributed by atoms with Crippen LogP contribution in [0.1, 0.15) is 30.9 Å². The average Bonchev–Trinajstić information content (AvgIpc) is 3.41. The van der Waals surface area contributed by atoms with Gasteiger partial charge in [-0.2, -0.15) is 13.2 Å². The van der Waals surface area contributed by atoms with Crippen molar-refractivity contribution in [3.8, 4) is 0 Å². The van der Waals surface area contributed by atoms with Crippen LogP contribution in [0.3, 0.4) is 0 Å². The summed E-state index contributed by atoms with van der Waals surface area (Å²) in [5, 5.41) is 3.71. The minimum absolute atomic E-state index is 0.157. The van der Waals surface area contributed by atoms with E-state index >= 15 is 0 Å². The van der Waals surface area contributed by atoms with Crippen LogP contribution < -0.4 is 10.9 Å². The third-order valence-corrected chi connectivity index (χ3v) is 5.74. The molecule has 2 aromatic heterocycles. The van der Waals surface area contributed by atoms with Crippen molar-refractivity contribution in [2.24, 2.45) is 0 Å². The molecule has 1 N–H and O–H groups in total. The van der Waals surface area contributed by atoms with Crippen molar-refractivity contribution in [3.63, 3.8) is 0 Å². The van der Waals surface area contributed by atoms with Gasteiger partial charge in [0, 0.05) is 18.3 Å². The van der Waals surface area contributed by atoms with E-state index in [-0.39, 0.29) is 17.6 Å². The van der Waals surface area contributed by atoms with Crippen molar-refractivity contribution in [1.29, 1.82) is 0 Å². The van der Waals surface area contributed by atoms with E-state index in [2.05, 4.69) is 31.2 Å². The summed E-state index contributed by atoms with van der Waals surface area (Å²) in [5.74, 6) is 0.459. The summed E-state index contributed by atoms with van der Waals surface area (Å²) >= 11 is 3.34. The predicted molar refractivity (Wildman–Crippen MR) is 103 cm³/mol. The number of nitrogens with zero attached hydrogens (tertiary/aromatic N) is 3. The number of pyridine rings is 1. The number of hydrogen-bond acceptors (Lipinski definition) is 4. The Bertz CT molecular complexity index is 1120. The van der Waals surface area contributed by atoms with Gasteiger partial charge in [-0.25, -0.2) is 9.97 Å². The molecule has 146 valence electrons. The van der Waals surface area contributed by atoms with E-state index in [0.717, 1.165) is 25.0 Å². The summed E-state index contributed by atoms with van der Waals surface area (Å²) in [6.45, 7) is 2.16. The van der Waals surface area contributed by atoms with Gasteiger partial charge in [0.05, 0.1) is 16.5 Å². The van der Waals surface area contributed by atoms with Crippen LogP contribution in [0.15, 0.2) is 46.1 Å². The molecule has 5 nitrogen and oxygen atoms in total. The summed E-state index contributed by atoms with van der Waals surface area (Å²) in [6, 6.07) is 5.13. The van der Waals surface area contributed by atoms with Gasteiger partial charge in [-0.3, -0.25) is 4.79 Å². The molecule has 1 aromatic carbocycles. The minimum atomic E-state index is -4.39. The fourth-order valence-electron chi connectivity index (χ4n) is 3.09. The van der Waals surface area contributed by atoms with Crippen LogP contribution in [0, 0.1) is 0 Å². The van der Waals surface area contributed by atoms with Crippen LogP contribution in [0.5, 0.6) is 0 Å². The van der Waals surface area contributed by atoms with E-state index in [4.69, 9.17) is 0 Å². The van der Waals surface area contributed by atoms with Gasteiger partial charge in [0.25, 0.3) is 5.56 Å². The van der Waals surface area contributed by atoms with Crippen LogP contribution in [-0.4, -0.2) is 14.5 Å². The molecule has 4 rings (SSSR count). The zero-order valence-corrected chi connectivity index (χ0v) is 16.4. The third kappa shape index (κ3) is 3.39. The molecule has 0 aliphatic heterocycles. The second-order valence-corrected chi connectivity index (χ2v) is 7.94. The lowest BCUT2D eigenvalue weighted by Crippen LogP contribution is -2.28. The van der Waals surface area contributed by atoms with E-state index in [1.54, 1.807) is 16.8 Å². The summed E-state index contributed by atoms with van der Waals surface area (Å²) < 4.78 is 40.7. The number of nitrogens with one attached hydrogen (secondary N) is 1. The quantitative estimate of drug-likeness (QED) is 0.623. The molecule has 0 bridgehead atoms. The fourth-order valence-corrected chi connectivity index (χ4v) is 3.60. The predicted octanol–water partition coefficient (Wildman–Crippen LogP) is 4.69. The fraction of sp³-hybridized carbons (Fsp3) is 0.316. The van der Waals surface area contributed by atoms with Crippen LogP contribution in [-0.2, 0) is 18.3 Å². The van der Waals surface area contributed by atoms with Crippen molar-refractivity contribution in [3.05, 3.63) is 62.7 Å². The number of anilines is 1. The molecule has 1 fully saturated rings. The van der Waals surface area contributed by atoms with E-state index in [9.17, 15) is 18.0 Å². The van der Waals surface area contributed by atoms with Crippen molar-refractivity contribution >= 4 is 32.7 Å². The Hall–Kier alpha value is -2.42. The monoisotopic (exact) mass is 452 g/mol. The molecular weight excluding hydrogens is 437 g/mol. The molecule has 1 saturated carbocycles. The zero-order chi connectivity index (χ0) is 20.1. The number of hydrogen-bond donors (Lipinski definition) is 1. The maximum Gasteiger partial charge on any atom is 0.416 e. The second kappa shape index (κ2) is 6.58. The van der Waals surface area contributed by atoms with Gasteiger partial charge in [0.1, 0.15) is 16.6 Å². The SMILES string of the molecule is CC1(n2cc3c(NCc4cccc(C(F)(F)F)c4)ncnc3c(Br)c2=O)CC1. The number of halogens is 4. The molecular formula is C19H16BrF3N4O. The molecule has 0 spiro atoms. The molecule has 0 radical (unpaired) electrons. The highest BCUT2D eigenvalue weighted by Gasteiger charge is 2.40. The molecule has 0 unspecified atom stereocenters. The van der Waals surface area contributed by atoms with Gasteiger partial charge < -0.3 is 9.88 Å². The molecule has 0 saturated heterocycles. The van der Waals surface area contributed by atoms with Gasteiger partial charge in [-0.1, -0.05) is 12.1 Å². The molecule has 3 aromatic rings. The highest BCUT2D eigenvalue weighted by atomic mass is 79.9. The Kier molecular flexibility index (Phi) is 4.45. The highest BCUT2D eigenvalue weighted by Crippen LogP contribution is 2.42. The Labute approximate surface area is 166 Å². The van der Waals surface area contributed by atoms with Crippen LogP contribution in [0.2, 0.25) is 0 Å². The van der Waals surface area contributed by atoms with E-state index in [1.807, 2.05) is 6.92 Å². The van der Waals surface area contributed by atoms with E-state index in [0.29, 0.717) is 26.8 Å². The number of fused-ring (bicyclic) bond motifs is 1. The standard InChI is InChI=1S/C19H16BrF3N4O/c1-18(5-6-18)27-9-13-15(14(20)17(27)28)25-10-26-16(13)24-8-11-3-2-4-12(7-11)19(21,22)23/h2-4,7,9-10H,5-6,8H2,1H3,(H,24,25,26). The van der Waals surface area contributed by atoms with Crippen LogP contribution >= 0.6 is 15.9 Å². The van der Waals surface area contributed by atoms with Gasteiger partial charge in [-0.15, -0.1) is 0 Å². The Morgan fingerprint density at radius 1 is 1.29 bits per heavy atom. The third-order valence-electron chi connectivity index (χ3n) is 5.03. The van der Waals surface area contributed by atoms with Gasteiger partial charge in [-0.05, 0) is 53.4 Å². The Morgan fingerprint density at radius 3 is 2.71 bits per heavy atom. The average molecular weight is 453 g/mol. The Morgan fingerprint density at radius 2 is 2.04 bits per heavy atom. The lowest BCUT2D eigenvalue weighted by molar-refractivity contribution is -0.137. The summed E-state index contributed by atoms with van der Waals surface area (Å²) in [6.07, 6.45) is 0.476. The second-order valence-electron chi connectivity index (χ2n) is 7.15. The van der Waals surface area contributed by atoms with Crippen molar-refractivity contribution in [1.82, 2.24) is 14.5 Å². The first-order chi connectivity index (χ1) is 13.2. The molecule has 1 aliphatic carbocycles. The minimum Gasteiger partial charge on any atom is -0.365 e. The van der Waals surface area contributed by atoms with Crippen LogP contribution in [0.4, 0.5) is 19.0 Å².